The Kier molecular flexibility index (Phi) is 18.0. The summed E-state index contributed by atoms with van der Waals surface area (Å²) in [6.07, 6.45) is 7.78. The number of rotatable bonds is 17. The van der Waals surface area contributed by atoms with Crippen molar-refractivity contribution >= 4 is 70.6 Å². The van der Waals surface area contributed by atoms with Crippen molar-refractivity contribution in [2.24, 2.45) is 29.1 Å². The van der Waals surface area contributed by atoms with Gasteiger partial charge in [0, 0.05) is 31.4 Å². The topological polar surface area (TPSA) is 175 Å². The van der Waals surface area contributed by atoms with Crippen molar-refractivity contribution in [2.75, 3.05) is 6.61 Å². The molecule has 0 N–H and O–H groups in total. The van der Waals surface area contributed by atoms with E-state index in [4.69, 9.17) is 40.0 Å². The first-order valence-corrected chi connectivity index (χ1v) is 24.9. The summed E-state index contributed by atoms with van der Waals surface area (Å²) in [7, 11) is 0. The molecule has 6 rings (SSSR count). The first kappa shape index (κ1) is 53.2. The third-order valence-corrected chi connectivity index (χ3v) is 13.6. The number of ether oxygens (including phenoxy) is 6. The van der Waals surface area contributed by atoms with E-state index >= 15 is 0 Å². The van der Waals surface area contributed by atoms with Gasteiger partial charge in [-0.2, -0.15) is 0 Å². The molecule has 0 amide bonds. The lowest BCUT2D eigenvalue weighted by Gasteiger charge is -2.34. The van der Waals surface area contributed by atoms with E-state index in [1.54, 1.807) is 42.5 Å². The fraction of sp³-hybridized carbons (Fsp3) is 0.436. The van der Waals surface area contributed by atoms with Gasteiger partial charge in [0.05, 0.1) is 39.5 Å². The second-order valence-electron chi connectivity index (χ2n) is 19.9. The van der Waals surface area contributed by atoms with Crippen molar-refractivity contribution in [3.05, 3.63) is 105 Å². The number of benzene rings is 3. The molecule has 0 unspecified atom stereocenters. The maximum Gasteiger partial charge on any atom is 0.314 e. The number of ketones is 1. The van der Waals surface area contributed by atoms with E-state index in [0.717, 1.165) is 28.9 Å². The lowest BCUT2D eigenvalue weighted by Crippen LogP contribution is -2.31. The van der Waals surface area contributed by atoms with Crippen LogP contribution in [0.3, 0.4) is 0 Å². The standard InChI is InChI=1S/C55H61ClO13S/c1-33(57)65-43-22-25-47(44(31-43)55(6,7)32-54(3,4)5)69-53(63)39-12-10-36(11-13-39)50(60)64-29-28-35-8-19-41(20-9-35)67-51(61)37-14-16-38(17-15-37)52(62)68-42-21-24-46(66-34(2)58)40(30-42)18-23-45(59)48-26-27-49(56)70-48/h8-9,18-27,30-31,36-39H,10-17,28-29,32H2,1-7H3/b23-18+. The fourth-order valence-electron chi connectivity index (χ4n) is 9.27. The molecule has 372 valence electrons. The number of hydrogen-bond donors (Lipinski definition) is 0. The number of allylic oxidation sites excluding steroid dienone is 1. The zero-order chi connectivity index (χ0) is 50.8. The van der Waals surface area contributed by atoms with Crippen LogP contribution in [0.4, 0.5) is 0 Å². The van der Waals surface area contributed by atoms with E-state index in [1.165, 1.54) is 44.2 Å². The highest BCUT2D eigenvalue weighted by Crippen LogP contribution is 2.43. The van der Waals surface area contributed by atoms with Gasteiger partial charge in [-0.05, 0) is 147 Å². The SMILES string of the molecule is CC(=O)Oc1ccc(OC(=O)C2CCC(C(=O)OCCc3ccc(OC(=O)C4CCC(C(=O)Oc5ccc(OC(C)=O)c(/C=C/C(=O)c6ccc(Cl)s6)c5)CC4)cc3)CC2)c(C(C)(C)CC(C)(C)C)c1. The first-order chi connectivity index (χ1) is 33.1. The molecule has 0 saturated heterocycles. The van der Waals surface area contributed by atoms with Gasteiger partial charge in [0.1, 0.15) is 28.7 Å². The van der Waals surface area contributed by atoms with Crippen molar-refractivity contribution in [1.29, 1.82) is 0 Å². The molecule has 4 aromatic rings. The molecule has 3 aromatic carbocycles. The van der Waals surface area contributed by atoms with Gasteiger partial charge in [-0.1, -0.05) is 58.4 Å². The predicted octanol–water partition coefficient (Wildman–Crippen LogP) is 11.7. The molecular formula is C55H61ClO13S. The number of hydrogen-bond acceptors (Lipinski definition) is 14. The highest BCUT2D eigenvalue weighted by Gasteiger charge is 2.36. The van der Waals surface area contributed by atoms with Gasteiger partial charge >= 0.3 is 35.8 Å². The van der Waals surface area contributed by atoms with Crippen LogP contribution in [0.2, 0.25) is 4.34 Å². The van der Waals surface area contributed by atoms with Crippen LogP contribution in [0, 0.1) is 29.1 Å². The van der Waals surface area contributed by atoms with Gasteiger partial charge < -0.3 is 28.4 Å². The van der Waals surface area contributed by atoms with Gasteiger partial charge in [0.25, 0.3) is 0 Å². The molecule has 0 radical (unpaired) electrons. The van der Waals surface area contributed by atoms with Gasteiger partial charge in [0.15, 0.2) is 5.78 Å². The molecule has 2 aliphatic carbocycles. The van der Waals surface area contributed by atoms with E-state index < -0.39 is 35.2 Å². The molecule has 2 saturated carbocycles. The molecule has 0 atom stereocenters. The molecule has 2 aliphatic rings. The molecule has 1 heterocycles. The summed E-state index contributed by atoms with van der Waals surface area (Å²) in [4.78, 5) is 89.3. The molecule has 15 heteroatoms. The first-order valence-electron chi connectivity index (χ1n) is 23.7. The molecule has 2 fully saturated rings. The van der Waals surface area contributed by atoms with Crippen molar-refractivity contribution in [2.45, 2.75) is 118 Å². The summed E-state index contributed by atoms with van der Waals surface area (Å²) in [5.41, 5.74) is 1.63. The second-order valence-corrected chi connectivity index (χ2v) is 21.6. The second kappa shape index (κ2) is 23.7. The van der Waals surface area contributed by atoms with Crippen LogP contribution < -0.4 is 23.7 Å². The lowest BCUT2D eigenvalue weighted by molar-refractivity contribution is -0.152. The minimum absolute atomic E-state index is 0.0168. The summed E-state index contributed by atoms with van der Waals surface area (Å²) < 4.78 is 34.2. The van der Waals surface area contributed by atoms with Crippen LogP contribution >= 0.6 is 22.9 Å². The molecule has 1 aromatic heterocycles. The van der Waals surface area contributed by atoms with Crippen molar-refractivity contribution in [3.8, 4) is 28.7 Å². The normalized spacial score (nSPS) is 18.3. The van der Waals surface area contributed by atoms with Gasteiger partial charge in [-0.25, -0.2) is 0 Å². The van der Waals surface area contributed by atoms with E-state index in [-0.39, 0.29) is 59.0 Å². The average molecular weight is 998 g/mol. The van der Waals surface area contributed by atoms with Gasteiger partial charge in [0.2, 0.25) is 0 Å². The van der Waals surface area contributed by atoms with E-state index in [0.29, 0.717) is 89.8 Å². The van der Waals surface area contributed by atoms with E-state index in [2.05, 4.69) is 34.6 Å². The summed E-state index contributed by atoms with van der Waals surface area (Å²) in [6, 6.07) is 19.9. The van der Waals surface area contributed by atoms with Crippen LogP contribution in [0.5, 0.6) is 28.7 Å². The zero-order valence-electron chi connectivity index (χ0n) is 40.8. The van der Waals surface area contributed by atoms with Crippen LogP contribution in [0.1, 0.15) is 133 Å². The number of thiophene rings is 1. The molecular weight excluding hydrogens is 936 g/mol. The largest absolute Gasteiger partial charge is 0.465 e. The highest BCUT2D eigenvalue weighted by atomic mass is 35.5. The molecule has 0 aliphatic heterocycles. The number of carbonyl (C=O) groups excluding carboxylic acids is 7. The van der Waals surface area contributed by atoms with Crippen LogP contribution in [0.25, 0.3) is 6.08 Å². The van der Waals surface area contributed by atoms with Gasteiger partial charge in [-0.15, -0.1) is 11.3 Å². The Hall–Kier alpha value is -6.12. The summed E-state index contributed by atoms with van der Waals surface area (Å²) in [6.45, 7) is 13.4. The van der Waals surface area contributed by atoms with Crippen molar-refractivity contribution in [1.82, 2.24) is 0 Å². The Morgan fingerprint density at radius 2 is 1.09 bits per heavy atom. The maximum absolute atomic E-state index is 13.5. The smallest absolute Gasteiger partial charge is 0.314 e. The zero-order valence-corrected chi connectivity index (χ0v) is 42.3. The Labute approximate surface area is 418 Å². The average Bonchev–Trinajstić information content (AvgIpc) is 3.75. The fourth-order valence-corrected chi connectivity index (χ4v) is 10.2. The number of esters is 6. The summed E-state index contributed by atoms with van der Waals surface area (Å²) in [5.74, 6) is -2.65. The molecule has 0 spiro atoms. The minimum Gasteiger partial charge on any atom is -0.465 e. The van der Waals surface area contributed by atoms with Crippen LogP contribution in [0.15, 0.2) is 78.9 Å². The molecule has 13 nitrogen and oxygen atoms in total. The van der Waals surface area contributed by atoms with Crippen molar-refractivity contribution < 1.29 is 62.0 Å². The van der Waals surface area contributed by atoms with Crippen LogP contribution in [-0.2, 0) is 45.3 Å². The monoisotopic (exact) mass is 996 g/mol. The third kappa shape index (κ3) is 15.4. The quantitative estimate of drug-likeness (QED) is 0.0423. The van der Waals surface area contributed by atoms with Gasteiger partial charge in [-0.3, -0.25) is 33.6 Å². The van der Waals surface area contributed by atoms with Crippen molar-refractivity contribution in [3.63, 3.8) is 0 Å². The minimum atomic E-state index is -0.552. The Balaban J connectivity index is 0.909. The number of halogens is 1. The van der Waals surface area contributed by atoms with E-state index in [9.17, 15) is 33.6 Å². The summed E-state index contributed by atoms with van der Waals surface area (Å²) in [5, 5.41) is 0. The number of carbonyl (C=O) groups is 7. The Bertz CT molecular complexity index is 2590. The maximum atomic E-state index is 13.5. The highest BCUT2D eigenvalue weighted by molar-refractivity contribution is 7.18. The molecule has 70 heavy (non-hydrogen) atoms. The third-order valence-electron chi connectivity index (χ3n) is 12.4. The summed E-state index contributed by atoms with van der Waals surface area (Å²) >= 11 is 7.10. The molecule has 0 bridgehead atoms. The lowest BCUT2D eigenvalue weighted by atomic mass is 9.72. The predicted molar refractivity (Wildman–Crippen MR) is 264 cm³/mol. The van der Waals surface area contributed by atoms with E-state index in [1.807, 2.05) is 12.1 Å². The van der Waals surface area contributed by atoms with Crippen LogP contribution in [-0.4, -0.2) is 48.2 Å². The Morgan fingerprint density at radius 1 is 0.586 bits per heavy atom. The Morgan fingerprint density at radius 3 is 1.61 bits per heavy atom.